The van der Waals surface area contributed by atoms with Crippen LogP contribution in [0.3, 0.4) is 0 Å². The molecule has 1 fully saturated rings. The lowest BCUT2D eigenvalue weighted by atomic mass is 9.88. The number of benzene rings is 2. The Hall–Kier alpha value is -2.23. The van der Waals surface area contributed by atoms with Gasteiger partial charge in [-0.2, -0.15) is 5.26 Å². The lowest BCUT2D eigenvalue weighted by Crippen LogP contribution is -2.37. The number of hydrogen-bond donors (Lipinski definition) is 1. The summed E-state index contributed by atoms with van der Waals surface area (Å²) in [6, 6.07) is 12.2. The van der Waals surface area contributed by atoms with E-state index in [9.17, 15) is 12.8 Å². The number of nitrogens with one attached hydrogen (secondary N) is 1. The highest BCUT2D eigenvalue weighted by Gasteiger charge is 2.24. The third kappa shape index (κ3) is 4.12. The summed E-state index contributed by atoms with van der Waals surface area (Å²) in [4.78, 5) is 0.175. The van der Waals surface area contributed by atoms with Crippen LogP contribution in [0.15, 0.2) is 47.4 Å². The molecule has 1 aliphatic rings. The smallest absolute Gasteiger partial charge is 0.208 e. The molecule has 6 heteroatoms. The average Bonchev–Trinajstić information content (AvgIpc) is 2.63. The zero-order chi connectivity index (χ0) is 18.7. The molecule has 0 amide bonds. The first-order chi connectivity index (χ1) is 12.4. The zero-order valence-corrected chi connectivity index (χ0v) is 15.4. The summed E-state index contributed by atoms with van der Waals surface area (Å²) in [6.07, 6.45) is 3.78. The summed E-state index contributed by atoms with van der Waals surface area (Å²) in [6.45, 7) is 2.19. The summed E-state index contributed by atoms with van der Waals surface area (Å²) < 4.78 is 42.0. The van der Waals surface area contributed by atoms with Gasteiger partial charge in [0.05, 0.1) is 16.5 Å². The van der Waals surface area contributed by atoms with Gasteiger partial charge in [0.25, 0.3) is 0 Å². The molecular formula is C20H21FN2O2S. The van der Waals surface area contributed by atoms with E-state index in [1.54, 1.807) is 12.1 Å². The maximum Gasteiger partial charge on any atom is 0.240 e. The molecule has 0 heterocycles. The van der Waals surface area contributed by atoms with Gasteiger partial charge in [0.15, 0.2) is 0 Å². The fraction of sp³-hybridized carbons (Fsp3) is 0.350. The topological polar surface area (TPSA) is 70.0 Å². The summed E-state index contributed by atoms with van der Waals surface area (Å²) in [5, 5.41) is 8.81. The minimum absolute atomic E-state index is 0.0214. The monoisotopic (exact) mass is 372 g/mol. The Kier molecular flexibility index (Phi) is 5.40. The third-order valence-corrected chi connectivity index (χ3v) is 6.45. The van der Waals surface area contributed by atoms with E-state index in [1.165, 1.54) is 30.3 Å². The van der Waals surface area contributed by atoms with E-state index in [0.29, 0.717) is 17.0 Å². The van der Waals surface area contributed by atoms with E-state index in [0.717, 1.165) is 25.7 Å². The molecule has 0 atom stereocenters. The van der Waals surface area contributed by atoms with E-state index >= 15 is 0 Å². The zero-order valence-electron chi connectivity index (χ0n) is 14.6. The van der Waals surface area contributed by atoms with Crippen LogP contribution in [0.4, 0.5) is 4.39 Å². The van der Waals surface area contributed by atoms with Crippen molar-refractivity contribution in [3.63, 3.8) is 0 Å². The number of halogens is 1. The lowest BCUT2D eigenvalue weighted by molar-refractivity contribution is 0.332. The number of nitrogens with zero attached hydrogens (tertiary/aromatic N) is 1. The van der Waals surface area contributed by atoms with Crippen LogP contribution >= 0.6 is 0 Å². The van der Waals surface area contributed by atoms with E-state index in [1.807, 2.05) is 6.07 Å². The molecule has 1 saturated carbocycles. The average molecular weight is 372 g/mol. The normalized spacial score (nSPS) is 20.5. The van der Waals surface area contributed by atoms with E-state index in [2.05, 4.69) is 11.6 Å². The van der Waals surface area contributed by atoms with Crippen molar-refractivity contribution in [2.45, 2.75) is 43.5 Å². The molecular weight excluding hydrogens is 351 g/mol. The molecule has 0 aromatic heterocycles. The van der Waals surface area contributed by atoms with Crippen molar-refractivity contribution in [1.82, 2.24) is 4.72 Å². The first kappa shape index (κ1) is 18.6. The predicted molar refractivity (Wildman–Crippen MR) is 98.3 cm³/mol. The van der Waals surface area contributed by atoms with Crippen molar-refractivity contribution in [3.05, 3.63) is 53.8 Å². The van der Waals surface area contributed by atoms with Crippen LogP contribution in [0.25, 0.3) is 11.1 Å². The molecule has 3 rings (SSSR count). The number of hydrogen-bond acceptors (Lipinski definition) is 3. The predicted octanol–water partition coefficient (Wildman–Crippen LogP) is 4.22. The molecule has 2 aromatic carbocycles. The maximum atomic E-state index is 14.1. The quantitative estimate of drug-likeness (QED) is 0.873. The van der Waals surface area contributed by atoms with Crippen molar-refractivity contribution in [1.29, 1.82) is 5.26 Å². The fourth-order valence-electron chi connectivity index (χ4n) is 3.30. The second-order valence-corrected chi connectivity index (χ2v) is 8.62. The third-order valence-electron chi connectivity index (χ3n) is 4.91. The molecule has 1 N–H and O–H groups in total. The fourth-order valence-corrected chi connectivity index (χ4v) is 4.60. The molecule has 0 bridgehead atoms. The Labute approximate surface area is 153 Å². The second kappa shape index (κ2) is 7.56. The molecule has 0 radical (unpaired) electrons. The minimum atomic E-state index is -3.58. The summed E-state index contributed by atoms with van der Waals surface area (Å²) in [7, 11) is -3.58. The van der Waals surface area contributed by atoms with Gasteiger partial charge in [-0.3, -0.25) is 0 Å². The number of nitriles is 1. The van der Waals surface area contributed by atoms with Gasteiger partial charge >= 0.3 is 0 Å². The van der Waals surface area contributed by atoms with E-state index in [4.69, 9.17) is 5.26 Å². The van der Waals surface area contributed by atoms with Crippen LogP contribution < -0.4 is 4.72 Å². The molecule has 2 aromatic rings. The van der Waals surface area contributed by atoms with Crippen LogP contribution in [0, 0.1) is 23.1 Å². The van der Waals surface area contributed by atoms with Gasteiger partial charge < -0.3 is 0 Å². The van der Waals surface area contributed by atoms with Crippen LogP contribution in [0.5, 0.6) is 0 Å². The van der Waals surface area contributed by atoms with Gasteiger partial charge in [0.1, 0.15) is 5.82 Å². The molecule has 0 aliphatic heterocycles. The molecule has 0 saturated heterocycles. The summed E-state index contributed by atoms with van der Waals surface area (Å²) >= 11 is 0. The van der Waals surface area contributed by atoms with Crippen molar-refractivity contribution >= 4 is 10.0 Å². The van der Waals surface area contributed by atoms with Crippen molar-refractivity contribution in [2.75, 3.05) is 0 Å². The van der Waals surface area contributed by atoms with Gasteiger partial charge in [-0.1, -0.05) is 25.1 Å². The number of rotatable bonds is 4. The highest BCUT2D eigenvalue weighted by Crippen LogP contribution is 2.27. The first-order valence-electron chi connectivity index (χ1n) is 8.71. The molecule has 136 valence electrons. The van der Waals surface area contributed by atoms with Gasteiger partial charge in [0.2, 0.25) is 10.0 Å². The highest BCUT2D eigenvalue weighted by atomic mass is 32.2. The minimum Gasteiger partial charge on any atom is -0.208 e. The second-order valence-electron chi connectivity index (χ2n) is 6.91. The van der Waals surface area contributed by atoms with Crippen molar-refractivity contribution in [3.8, 4) is 17.2 Å². The Morgan fingerprint density at radius 1 is 1.08 bits per heavy atom. The molecule has 1 aliphatic carbocycles. The van der Waals surface area contributed by atoms with Crippen LogP contribution in [0.1, 0.15) is 38.2 Å². The standard InChI is InChI=1S/C20H21FN2O2S/c1-14-2-7-17(8-3-14)23-26(24,25)18-9-5-16(6-10-18)19-11-4-15(13-22)12-20(19)21/h4-6,9-12,14,17,23H,2-3,7-8H2,1H3. The van der Waals surface area contributed by atoms with Crippen LogP contribution in [0.2, 0.25) is 0 Å². The summed E-state index contributed by atoms with van der Waals surface area (Å²) in [5.74, 6) is 0.145. The van der Waals surface area contributed by atoms with E-state index < -0.39 is 15.8 Å². The largest absolute Gasteiger partial charge is 0.240 e. The molecule has 0 unspecified atom stereocenters. The SMILES string of the molecule is CC1CCC(NS(=O)(=O)c2ccc(-c3ccc(C#N)cc3F)cc2)CC1. The lowest BCUT2D eigenvalue weighted by Gasteiger charge is -2.26. The first-order valence-corrected chi connectivity index (χ1v) is 10.2. The maximum absolute atomic E-state index is 14.1. The van der Waals surface area contributed by atoms with Gasteiger partial charge in [0, 0.05) is 11.6 Å². The molecule has 4 nitrogen and oxygen atoms in total. The molecule has 0 spiro atoms. The van der Waals surface area contributed by atoms with E-state index in [-0.39, 0.29) is 16.5 Å². The van der Waals surface area contributed by atoms with Crippen molar-refractivity contribution < 1.29 is 12.8 Å². The van der Waals surface area contributed by atoms with Crippen LogP contribution in [-0.2, 0) is 10.0 Å². The Balaban J connectivity index is 1.77. The van der Waals surface area contributed by atoms with Gasteiger partial charge in [-0.25, -0.2) is 17.5 Å². The van der Waals surface area contributed by atoms with Gasteiger partial charge in [-0.15, -0.1) is 0 Å². The van der Waals surface area contributed by atoms with Crippen LogP contribution in [-0.4, -0.2) is 14.5 Å². The number of sulfonamides is 1. The Morgan fingerprint density at radius 2 is 1.73 bits per heavy atom. The van der Waals surface area contributed by atoms with Gasteiger partial charge in [-0.05, 0) is 61.4 Å². The molecule has 26 heavy (non-hydrogen) atoms. The highest BCUT2D eigenvalue weighted by molar-refractivity contribution is 7.89. The van der Waals surface area contributed by atoms with Crippen molar-refractivity contribution in [2.24, 2.45) is 5.92 Å². The summed E-state index contributed by atoms with van der Waals surface area (Å²) in [5.41, 5.74) is 1.15. The Morgan fingerprint density at radius 3 is 2.31 bits per heavy atom. The Bertz CT molecular complexity index is 925.